The Labute approximate surface area is 175 Å². The third-order valence-corrected chi connectivity index (χ3v) is 6.58. The molecule has 2 atom stereocenters. The number of aromatic amines is 1. The predicted molar refractivity (Wildman–Crippen MR) is 113 cm³/mol. The molecular weight excluding hydrogens is 380 g/mol. The SMILES string of the molecule is Cc1ccc2cc([C@@H](c3nnnn3C[C@H]3CCCO3)N3CCCC3)c(=O)[nH]c2c1C. The van der Waals surface area contributed by atoms with E-state index >= 15 is 0 Å². The van der Waals surface area contributed by atoms with E-state index in [0.717, 1.165) is 67.7 Å². The minimum Gasteiger partial charge on any atom is -0.376 e. The first-order valence-corrected chi connectivity index (χ1v) is 10.9. The van der Waals surface area contributed by atoms with Gasteiger partial charge >= 0.3 is 0 Å². The fourth-order valence-corrected chi connectivity index (χ4v) is 4.76. The number of fused-ring (bicyclic) bond motifs is 1. The standard InChI is InChI=1S/C22H28N6O2/c1-14-7-8-16-12-18(22(29)23-19(16)15(14)2)20(27-9-3-4-10-27)21-24-25-26-28(21)13-17-6-5-11-30-17/h7-8,12,17,20H,3-6,9-11,13H2,1-2H3,(H,23,29)/t17-,20+/m1/s1. The summed E-state index contributed by atoms with van der Waals surface area (Å²) in [6, 6.07) is 5.94. The number of likely N-dealkylation sites (tertiary alicyclic amines) is 1. The van der Waals surface area contributed by atoms with Crippen LogP contribution in [-0.2, 0) is 11.3 Å². The van der Waals surface area contributed by atoms with Crippen molar-refractivity contribution in [2.24, 2.45) is 0 Å². The van der Waals surface area contributed by atoms with Crippen LogP contribution >= 0.6 is 0 Å². The molecule has 8 heteroatoms. The van der Waals surface area contributed by atoms with Crippen molar-refractivity contribution in [2.75, 3.05) is 19.7 Å². The molecule has 0 amide bonds. The summed E-state index contributed by atoms with van der Waals surface area (Å²) in [7, 11) is 0. The fraction of sp³-hybridized carbons (Fsp3) is 0.545. The number of hydrogen-bond donors (Lipinski definition) is 1. The monoisotopic (exact) mass is 408 g/mol. The van der Waals surface area contributed by atoms with Crippen LogP contribution in [-0.4, -0.2) is 55.9 Å². The van der Waals surface area contributed by atoms with E-state index in [2.05, 4.69) is 44.5 Å². The molecule has 30 heavy (non-hydrogen) atoms. The number of pyridine rings is 1. The van der Waals surface area contributed by atoms with Gasteiger partial charge in [0.2, 0.25) is 0 Å². The number of aromatic nitrogens is 5. The highest BCUT2D eigenvalue weighted by molar-refractivity contribution is 5.83. The second-order valence-corrected chi connectivity index (χ2v) is 8.53. The van der Waals surface area contributed by atoms with Crippen LogP contribution < -0.4 is 5.56 Å². The molecule has 2 aliphatic heterocycles. The van der Waals surface area contributed by atoms with Crippen molar-refractivity contribution in [1.82, 2.24) is 30.1 Å². The molecule has 1 N–H and O–H groups in total. The smallest absolute Gasteiger partial charge is 0.253 e. The van der Waals surface area contributed by atoms with Crippen LogP contribution in [0.3, 0.4) is 0 Å². The number of nitrogens with one attached hydrogen (secondary N) is 1. The number of rotatable bonds is 5. The van der Waals surface area contributed by atoms with Crippen LogP contribution in [0.1, 0.15) is 54.2 Å². The lowest BCUT2D eigenvalue weighted by Crippen LogP contribution is -2.34. The summed E-state index contributed by atoms with van der Waals surface area (Å²) >= 11 is 0. The van der Waals surface area contributed by atoms with Crippen molar-refractivity contribution < 1.29 is 4.74 Å². The lowest BCUT2D eigenvalue weighted by molar-refractivity contribution is 0.0912. The zero-order valence-electron chi connectivity index (χ0n) is 17.6. The molecule has 0 bridgehead atoms. The third kappa shape index (κ3) is 3.44. The molecule has 2 saturated heterocycles. The molecule has 0 unspecified atom stereocenters. The Morgan fingerprint density at radius 1 is 1.23 bits per heavy atom. The highest BCUT2D eigenvalue weighted by Crippen LogP contribution is 2.31. The van der Waals surface area contributed by atoms with E-state index in [4.69, 9.17) is 4.74 Å². The van der Waals surface area contributed by atoms with Gasteiger partial charge in [-0.2, -0.15) is 0 Å². The first-order chi connectivity index (χ1) is 14.6. The predicted octanol–water partition coefficient (Wildman–Crippen LogP) is 2.50. The van der Waals surface area contributed by atoms with E-state index in [1.165, 1.54) is 5.56 Å². The molecule has 0 aliphatic carbocycles. The highest BCUT2D eigenvalue weighted by atomic mass is 16.5. The average Bonchev–Trinajstić information content (AvgIpc) is 3.51. The number of H-pyrrole nitrogens is 1. The molecule has 2 aliphatic rings. The van der Waals surface area contributed by atoms with Gasteiger partial charge in [-0.1, -0.05) is 12.1 Å². The largest absolute Gasteiger partial charge is 0.376 e. The first-order valence-electron chi connectivity index (χ1n) is 10.9. The van der Waals surface area contributed by atoms with Gasteiger partial charge < -0.3 is 9.72 Å². The topological polar surface area (TPSA) is 88.9 Å². The van der Waals surface area contributed by atoms with Crippen molar-refractivity contribution in [3.63, 3.8) is 0 Å². The molecule has 2 fully saturated rings. The van der Waals surface area contributed by atoms with Crippen molar-refractivity contribution in [3.8, 4) is 0 Å². The maximum atomic E-state index is 13.3. The Morgan fingerprint density at radius 2 is 2.07 bits per heavy atom. The van der Waals surface area contributed by atoms with Gasteiger partial charge in [0.25, 0.3) is 5.56 Å². The number of nitrogens with zero attached hydrogens (tertiary/aromatic N) is 5. The van der Waals surface area contributed by atoms with Gasteiger partial charge in [0, 0.05) is 12.2 Å². The van der Waals surface area contributed by atoms with Crippen LogP contribution in [0.2, 0.25) is 0 Å². The molecule has 4 heterocycles. The highest BCUT2D eigenvalue weighted by Gasteiger charge is 2.33. The van der Waals surface area contributed by atoms with Crippen molar-refractivity contribution in [1.29, 1.82) is 0 Å². The lowest BCUT2D eigenvalue weighted by Gasteiger charge is -2.27. The van der Waals surface area contributed by atoms with E-state index in [1.54, 1.807) is 0 Å². The van der Waals surface area contributed by atoms with E-state index in [1.807, 2.05) is 17.7 Å². The number of aryl methyl sites for hydroxylation is 2. The average molecular weight is 409 g/mol. The number of benzene rings is 1. The van der Waals surface area contributed by atoms with Crippen LogP contribution in [0.15, 0.2) is 23.0 Å². The fourth-order valence-electron chi connectivity index (χ4n) is 4.76. The van der Waals surface area contributed by atoms with Crippen LogP contribution in [0, 0.1) is 13.8 Å². The van der Waals surface area contributed by atoms with E-state index in [0.29, 0.717) is 12.1 Å². The second-order valence-electron chi connectivity index (χ2n) is 8.53. The Hall–Kier alpha value is -2.58. The molecule has 1 aromatic carbocycles. The van der Waals surface area contributed by atoms with Gasteiger partial charge in [0.1, 0.15) is 6.04 Å². The van der Waals surface area contributed by atoms with E-state index in [-0.39, 0.29) is 17.7 Å². The Bertz CT molecular complexity index is 1110. The normalized spacial score (nSPS) is 20.9. The number of ether oxygens (including phenoxy) is 1. The summed E-state index contributed by atoms with van der Waals surface area (Å²) in [6.07, 6.45) is 4.46. The summed E-state index contributed by atoms with van der Waals surface area (Å²) in [4.78, 5) is 18.7. The number of tetrazole rings is 1. The second kappa shape index (κ2) is 7.92. The lowest BCUT2D eigenvalue weighted by atomic mass is 10.0. The van der Waals surface area contributed by atoms with Crippen LogP contribution in [0.4, 0.5) is 0 Å². The zero-order valence-corrected chi connectivity index (χ0v) is 17.6. The van der Waals surface area contributed by atoms with Crippen LogP contribution in [0.25, 0.3) is 10.9 Å². The summed E-state index contributed by atoms with van der Waals surface area (Å²) in [5, 5.41) is 13.6. The first kappa shape index (κ1) is 19.4. The summed E-state index contributed by atoms with van der Waals surface area (Å²) in [6.45, 7) is 7.39. The van der Waals surface area contributed by atoms with Crippen molar-refractivity contribution >= 4 is 10.9 Å². The zero-order chi connectivity index (χ0) is 20.7. The van der Waals surface area contributed by atoms with Gasteiger partial charge in [-0.05, 0) is 85.6 Å². The van der Waals surface area contributed by atoms with Gasteiger partial charge in [0.15, 0.2) is 5.82 Å². The molecule has 0 radical (unpaired) electrons. The molecule has 5 rings (SSSR count). The minimum absolute atomic E-state index is 0.0697. The number of hydrogen-bond acceptors (Lipinski definition) is 6. The Kier molecular flexibility index (Phi) is 5.12. The molecule has 0 saturated carbocycles. The summed E-state index contributed by atoms with van der Waals surface area (Å²) in [5.41, 5.74) is 3.82. The Morgan fingerprint density at radius 3 is 2.83 bits per heavy atom. The summed E-state index contributed by atoms with van der Waals surface area (Å²) < 4.78 is 7.64. The van der Waals surface area contributed by atoms with E-state index in [9.17, 15) is 4.79 Å². The molecule has 2 aromatic heterocycles. The Balaban J connectivity index is 1.61. The molecule has 158 valence electrons. The van der Waals surface area contributed by atoms with Crippen LogP contribution in [0.5, 0.6) is 0 Å². The maximum absolute atomic E-state index is 13.3. The van der Waals surface area contributed by atoms with Crippen molar-refractivity contribution in [3.05, 3.63) is 51.1 Å². The quantitative estimate of drug-likeness (QED) is 0.698. The van der Waals surface area contributed by atoms with Gasteiger partial charge in [-0.3, -0.25) is 9.69 Å². The van der Waals surface area contributed by atoms with Gasteiger partial charge in [0.05, 0.1) is 18.2 Å². The third-order valence-electron chi connectivity index (χ3n) is 6.58. The van der Waals surface area contributed by atoms with Gasteiger partial charge in [-0.25, -0.2) is 4.68 Å². The molecule has 3 aromatic rings. The van der Waals surface area contributed by atoms with Gasteiger partial charge in [-0.15, -0.1) is 5.10 Å². The molecule has 0 spiro atoms. The van der Waals surface area contributed by atoms with E-state index < -0.39 is 0 Å². The molecule has 8 nitrogen and oxygen atoms in total. The summed E-state index contributed by atoms with van der Waals surface area (Å²) in [5.74, 6) is 0.723. The minimum atomic E-state index is -0.265. The maximum Gasteiger partial charge on any atom is 0.253 e. The molecular formula is C22H28N6O2. The van der Waals surface area contributed by atoms with Crippen molar-refractivity contribution in [2.45, 2.75) is 58.2 Å².